The van der Waals surface area contributed by atoms with E-state index in [1.54, 1.807) is 26.4 Å². The lowest BCUT2D eigenvalue weighted by Crippen LogP contribution is -1.94. The van der Waals surface area contributed by atoms with Gasteiger partial charge in [-0.15, -0.1) is 0 Å². The smallest absolute Gasteiger partial charge is 0.161 e. The van der Waals surface area contributed by atoms with E-state index in [-0.39, 0.29) is 0 Å². The number of allylic oxidation sites excluding steroid dienone is 1. The molecular formula is C12H14O3. The Hall–Kier alpha value is -1.77. The zero-order chi connectivity index (χ0) is 11.3. The number of benzene rings is 1. The summed E-state index contributed by atoms with van der Waals surface area (Å²) in [6.07, 6.45) is 4.53. The molecule has 0 N–H and O–H groups in total. The Bertz CT molecular complexity index is 381. The molecule has 0 bridgehead atoms. The number of aldehydes is 1. The first-order chi connectivity index (χ1) is 7.26. The van der Waals surface area contributed by atoms with Crippen molar-refractivity contribution in [2.24, 2.45) is 0 Å². The molecule has 1 rings (SSSR count). The molecule has 0 saturated heterocycles. The van der Waals surface area contributed by atoms with E-state index < -0.39 is 0 Å². The van der Waals surface area contributed by atoms with Crippen molar-refractivity contribution in [3.05, 3.63) is 29.3 Å². The van der Waals surface area contributed by atoms with Gasteiger partial charge in [-0.05, 0) is 24.6 Å². The molecule has 0 aromatic heterocycles. The molecule has 80 valence electrons. The molecule has 0 heterocycles. The molecule has 3 nitrogen and oxygen atoms in total. The minimum absolute atomic E-state index is 0.563. The standard InChI is InChI=1S/C12H14O3/c1-4-5-9-6-11(14-2)12(15-3)7-10(9)8-13/h4-8H,1-3H3/b5-4-. The van der Waals surface area contributed by atoms with Crippen LogP contribution in [-0.2, 0) is 0 Å². The molecule has 0 fully saturated rings. The van der Waals surface area contributed by atoms with Crippen LogP contribution in [0, 0.1) is 0 Å². The number of methoxy groups -OCH3 is 2. The Labute approximate surface area is 89.3 Å². The molecular weight excluding hydrogens is 192 g/mol. The third kappa shape index (κ3) is 2.37. The Morgan fingerprint density at radius 2 is 1.60 bits per heavy atom. The summed E-state index contributed by atoms with van der Waals surface area (Å²) in [5, 5.41) is 0. The van der Waals surface area contributed by atoms with Gasteiger partial charge in [-0.2, -0.15) is 0 Å². The molecule has 0 aliphatic heterocycles. The van der Waals surface area contributed by atoms with Crippen molar-refractivity contribution in [1.82, 2.24) is 0 Å². The van der Waals surface area contributed by atoms with Crippen LogP contribution < -0.4 is 9.47 Å². The fraction of sp³-hybridized carbons (Fsp3) is 0.250. The van der Waals surface area contributed by atoms with Crippen molar-refractivity contribution in [3.63, 3.8) is 0 Å². The number of ether oxygens (including phenoxy) is 2. The lowest BCUT2D eigenvalue weighted by molar-refractivity contribution is 0.112. The van der Waals surface area contributed by atoms with Gasteiger partial charge < -0.3 is 9.47 Å². The molecule has 0 spiro atoms. The van der Waals surface area contributed by atoms with Gasteiger partial charge in [-0.3, -0.25) is 4.79 Å². The fourth-order valence-corrected chi connectivity index (χ4v) is 1.34. The molecule has 0 aliphatic carbocycles. The molecule has 0 saturated carbocycles. The van der Waals surface area contributed by atoms with Crippen molar-refractivity contribution >= 4 is 12.4 Å². The summed E-state index contributed by atoms with van der Waals surface area (Å²) < 4.78 is 10.3. The van der Waals surface area contributed by atoms with E-state index >= 15 is 0 Å². The minimum Gasteiger partial charge on any atom is -0.493 e. The second kappa shape index (κ2) is 5.20. The van der Waals surface area contributed by atoms with E-state index in [0.29, 0.717) is 17.1 Å². The molecule has 1 aromatic carbocycles. The SMILES string of the molecule is C/C=C\c1cc(OC)c(OC)cc1C=O. The van der Waals surface area contributed by atoms with Gasteiger partial charge in [0.1, 0.15) is 0 Å². The average Bonchev–Trinajstić information content (AvgIpc) is 2.28. The molecule has 1 aromatic rings. The second-order valence-corrected chi connectivity index (χ2v) is 2.95. The first kappa shape index (κ1) is 11.3. The van der Waals surface area contributed by atoms with Crippen LogP contribution in [0.15, 0.2) is 18.2 Å². The van der Waals surface area contributed by atoms with Crippen LogP contribution in [0.2, 0.25) is 0 Å². The minimum atomic E-state index is 0.563. The highest BCUT2D eigenvalue weighted by atomic mass is 16.5. The predicted octanol–water partition coefficient (Wildman–Crippen LogP) is 2.55. The van der Waals surface area contributed by atoms with Gasteiger partial charge in [0.15, 0.2) is 17.8 Å². The highest BCUT2D eigenvalue weighted by Gasteiger charge is 2.08. The van der Waals surface area contributed by atoms with Crippen molar-refractivity contribution in [1.29, 1.82) is 0 Å². The molecule has 0 unspecified atom stereocenters. The summed E-state index contributed by atoms with van der Waals surface area (Å²) >= 11 is 0. The first-order valence-corrected chi connectivity index (χ1v) is 4.60. The van der Waals surface area contributed by atoms with Gasteiger partial charge >= 0.3 is 0 Å². The normalized spacial score (nSPS) is 10.3. The average molecular weight is 206 g/mol. The fourth-order valence-electron chi connectivity index (χ4n) is 1.34. The Morgan fingerprint density at radius 1 is 1.07 bits per heavy atom. The van der Waals surface area contributed by atoms with Gasteiger partial charge in [-0.25, -0.2) is 0 Å². The number of rotatable bonds is 4. The van der Waals surface area contributed by atoms with Crippen LogP contribution in [0.1, 0.15) is 22.8 Å². The lowest BCUT2D eigenvalue weighted by atomic mass is 10.1. The maximum absolute atomic E-state index is 10.8. The summed E-state index contributed by atoms with van der Waals surface area (Å²) in [5.74, 6) is 1.18. The third-order valence-corrected chi connectivity index (χ3v) is 2.06. The quantitative estimate of drug-likeness (QED) is 0.710. The van der Waals surface area contributed by atoms with Crippen LogP contribution in [0.25, 0.3) is 6.08 Å². The van der Waals surface area contributed by atoms with Crippen LogP contribution in [0.5, 0.6) is 11.5 Å². The second-order valence-electron chi connectivity index (χ2n) is 2.95. The summed E-state index contributed by atoms with van der Waals surface area (Å²) in [6, 6.07) is 3.45. The Morgan fingerprint density at radius 3 is 2.00 bits per heavy atom. The summed E-state index contributed by atoms with van der Waals surface area (Å²) in [7, 11) is 3.11. The molecule has 0 amide bonds. The monoisotopic (exact) mass is 206 g/mol. The zero-order valence-electron chi connectivity index (χ0n) is 9.11. The topological polar surface area (TPSA) is 35.5 Å². The van der Waals surface area contributed by atoms with Gasteiger partial charge in [0.05, 0.1) is 14.2 Å². The summed E-state index contributed by atoms with van der Waals surface area (Å²) in [6.45, 7) is 1.89. The van der Waals surface area contributed by atoms with E-state index in [1.165, 1.54) is 0 Å². The number of carbonyl (C=O) groups is 1. The molecule has 0 radical (unpaired) electrons. The van der Waals surface area contributed by atoms with E-state index in [4.69, 9.17) is 9.47 Å². The van der Waals surface area contributed by atoms with Crippen molar-refractivity contribution in [3.8, 4) is 11.5 Å². The third-order valence-electron chi connectivity index (χ3n) is 2.06. The van der Waals surface area contributed by atoms with Gasteiger partial charge in [0, 0.05) is 5.56 Å². The highest BCUT2D eigenvalue weighted by Crippen LogP contribution is 2.30. The predicted molar refractivity (Wildman–Crippen MR) is 59.6 cm³/mol. The van der Waals surface area contributed by atoms with Crippen LogP contribution in [0.3, 0.4) is 0 Å². The van der Waals surface area contributed by atoms with Crippen LogP contribution >= 0.6 is 0 Å². The molecule has 0 atom stereocenters. The van der Waals surface area contributed by atoms with Crippen molar-refractivity contribution in [2.45, 2.75) is 6.92 Å². The Kier molecular flexibility index (Phi) is 3.92. The number of carbonyl (C=O) groups excluding carboxylic acids is 1. The van der Waals surface area contributed by atoms with Gasteiger partial charge in [0.25, 0.3) is 0 Å². The van der Waals surface area contributed by atoms with E-state index in [2.05, 4.69) is 0 Å². The van der Waals surface area contributed by atoms with Crippen molar-refractivity contribution < 1.29 is 14.3 Å². The Balaban J connectivity index is 3.33. The molecule has 0 aliphatic rings. The molecule has 15 heavy (non-hydrogen) atoms. The lowest BCUT2D eigenvalue weighted by Gasteiger charge is -2.09. The summed E-state index contributed by atoms with van der Waals surface area (Å²) in [4.78, 5) is 10.8. The highest BCUT2D eigenvalue weighted by molar-refractivity contribution is 5.83. The number of hydrogen-bond donors (Lipinski definition) is 0. The van der Waals surface area contributed by atoms with Gasteiger partial charge in [0.2, 0.25) is 0 Å². The maximum Gasteiger partial charge on any atom is 0.161 e. The van der Waals surface area contributed by atoms with Crippen molar-refractivity contribution in [2.75, 3.05) is 14.2 Å². The van der Waals surface area contributed by atoms with Crippen LogP contribution in [-0.4, -0.2) is 20.5 Å². The van der Waals surface area contributed by atoms with Gasteiger partial charge in [-0.1, -0.05) is 12.2 Å². The maximum atomic E-state index is 10.8. The van der Waals surface area contributed by atoms with E-state index in [1.807, 2.05) is 19.1 Å². The van der Waals surface area contributed by atoms with E-state index in [0.717, 1.165) is 11.8 Å². The summed E-state index contributed by atoms with van der Waals surface area (Å²) in [5.41, 5.74) is 1.41. The first-order valence-electron chi connectivity index (χ1n) is 4.60. The largest absolute Gasteiger partial charge is 0.493 e. The number of hydrogen-bond acceptors (Lipinski definition) is 3. The van der Waals surface area contributed by atoms with E-state index in [9.17, 15) is 4.79 Å². The zero-order valence-corrected chi connectivity index (χ0v) is 9.11. The molecule has 3 heteroatoms. The van der Waals surface area contributed by atoms with Crippen LogP contribution in [0.4, 0.5) is 0 Å².